The van der Waals surface area contributed by atoms with Crippen molar-refractivity contribution in [3.8, 4) is 5.75 Å². The van der Waals surface area contributed by atoms with Crippen molar-refractivity contribution in [3.63, 3.8) is 0 Å². The Morgan fingerprint density at radius 1 is 1.08 bits per heavy atom. The number of hydrogen-bond donors (Lipinski definition) is 1. The van der Waals surface area contributed by atoms with E-state index in [1.807, 2.05) is 72.9 Å². The van der Waals surface area contributed by atoms with E-state index < -0.39 is 0 Å². The fourth-order valence-corrected chi connectivity index (χ4v) is 2.59. The number of methoxy groups -OCH3 is 1. The number of ketones is 1. The van der Waals surface area contributed by atoms with Crippen molar-refractivity contribution in [1.82, 2.24) is 5.32 Å². The Morgan fingerprint density at radius 2 is 1.83 bits per heavy atom. The normalized spacial score (nSPS) is 13.9. The summed E-state index contributed by atoms with van der Waals surface area (Å²) in [4.78, 5) is 12.6. The Morgan fingerprint density at radius 3 is 2.54 bits per heavy atom. The van der Waals surface area contributed by atoms with Crippen molar-refractivity contribution in [2.75, 3.05) is 13.7 Å². The van der Waals surface area contributed by atoms with Crippen molar-refractivity contribution in [1.29, 1.82) is 0 Å². The zero-order valence-electron chi connectivity index (χ0n) is 13.5. The highest BCUT2D eigenvalue weighted by Crippen LogP contribution is 2.23. The summed E-state index contributed by atoms with van der Waals surface area (Å²) >= 11 is 0. The quantitative estimate of drug-likeness (QED) is 0.851. The number of dihydropyridines is 1. The van der Waals surface area contributed by atoms with Crippen LogP contribution in [0.2, 0.25) is 0 Å². The van der Waals surface area contributed by atoms with Gasteiger partial charge < -0.3 is 10.1 Å². The van der Waals surface area contributed by atoms with E-state index in [1.165, 1.54) is 0 Å². The second kappa shape index (κ2) is 7.47. The fourth-order valence-electron chi connectivity index (χ4n) is 2.59. The standard InChI is InChI=1S/C21H19NO2/c1-24-18-10-7-16(8-11-18)9-12-21(23)20-15-22-14-13-19(20)17-5-3-2-4-6-17/h2-14,22H,15H2,1H3/b12-9+. The van der Waals surface area contributed by atoms with Gasteiger partial charge in [0.1, 0.15) is 5.75 Å². The summed E-state index contributed by atoms with van der Waals surface area (Å²) in [5.74, 6) is 0.815. The summed E-state index contributed by atoms with van der Waals surface area (Å²) in [7, 11) is 1.63. The maximum absolute atomic E-state index is 12.6. The lowest BCUT2D eigenvalue weighted by Gasteiger charge is -2.15. The largest absolute Gasteiger partial charge is 0.497 e. The van der Waals surface area contributed by atoms with Crippen molar-refractivity contribution >= 4 is 17.4 Å². The fraction of sp³-hybridized carbons (Fsp3) is 0.0952. The Bertz CT molecular complexity index is 799. The molecule has 0 bridgehead atoms. The van der Waals surface area contributed by atoms with Gasteiger partial charge in [-0.1, -0.05) is 48.5 Å². The monoisotopic (exact) mass is 317 g/mol. The van der Waals surface area contributed by atoms with Crippen molar-refractivity contribution in [2.24, 2.45) is 0 Å². The lowest BCUT2D eigenvalue weighted by Crippen LogP contribution is -2.20. The van der Waals surface area contributed by atoms with Crippen molar-refractivity contribution in [3.05, 3.63) is 89.6 Å². The van der Waals surface area contributed by atoms with Crippen LogP contribution in [0.4, 0.5) is 0 Å². The van der Waals surface area contributed by atoms with Gasteiger partial charge in [0.2, 0.25) is 0 Å². The summed E-state index contributed by atoms with van der Waals surface area (Å²) < 4.78 is 5.14. The average Bonchev–Trinajstić information content (AvgIpc) is 2.67. The van der Waals surface area contributed by atoms with Gasteiger partial charge in [0.15, 0.2) is 5.78 Å². The molecular weight excluding hydrogens is 298 g/mol. The van der Waals surface area contributed by atoms with E-state index in [-0.39, 0.29) is 5.78 Å². The molecule has 120 valence electrons. The molecule has 1 aliphatic rings. The van der Waals surface area contributed by atoms with Crippen molar-refractivity contribution < 1.29 is 9.53 Å². The van der Waals surface area contributed by atoms with E-state index in [1.54, 1.807) is 13.2 Å². The predicted molar refractivity (Wildman–Crippen MR) is 97.5 cm³/mol. The van der Waals surface area contributed by atoms with Gasteiger partial charge in [0.05, 0.1) is 7.11 Å². The molecule has 0 saturated heterocycles. The molecule has 2 aromatic rings. The summed E-state index contributed by atoms with van der Waals surface area (Å²) in [6.07, 6.45) is 7.29. The van der Waals surface area contributed by atoms with Crippen LogP contribution in [0.15, 0.2) is 78.5 Å². The van der Waals surface area contributed by atoms with Gasteiger partial charge in [-0.15, -0.1) is 0 Å². The topological polar surface area (TPSA) is 38.3 Å². The van der Waals surface area contributed by atoms with Crippen LogP contribution in [0.3, 0.4) is 0 Å². The highest BCUT2D eigenvalue weighted by atomic mass is 16.5. The van der Waals surface area contributed by atoms with E-state index in [9.17, 15) is 4.79 Å². The van der Waals surface area contributed by atoms with Gasteiger partial charge >= 0.3 is 0 Å². The van der Waals surface area contributed by atoms with Gasteiger partial charge in [0.25, 0.3) is 0 Å². The Labute approximate surface area is 142 Å². The van der Waals surface area contributed by atoms with Gasteiger partial charge in [-0.25, -0.2) is 0 Å². The molecule has 3 heteroatoms. The molecule has 0 radical (unpaired) electrons. The van der Waals surface area contributed by atoms with E-state index in [2.05, 4.69) is 5.32 Å². The van der Waals surface area contributed by atoms with E-state index in [0.717, 1.165) is 28.0 Å². The zero-order valence-corrected chi connectivity index (χ0v) is 13.5. The van der Waals surface area contributed by atoms with Gasteiger partial charge in [-0.3, -0.25) is 4.79 Å². The molecular formula is C21H19NO2. The number of benzene rings is 2. The molecule has 0 amide bonds. The summed E-state index contributed by atoms with van der Waals surface area (Å²) in [5, 5.41) is 3.12. The Balaban J connectivity index is 1.85. The Hall–Kier alpha value is -3.07. The van der Waals surface area contributed by atoms with Gasteiger partial charge in [-0.05, 0) is 47.2 Å². The number of allylic oxidation sites excluding steroid dienone is 3. The van der Waals surface area contributed by atoms with Crippen LogP contribution in [0.1, 0.15) is 11.1 Å². The number of hydrogen-bond acceptors (Lipinski definition) is 3. The molecule has 0 aromatic heterocycles. The Kier molecular flexibility index (Phi) is 4.92. The molecule has 3 rings (SSSR count). The van der Waals surface area contributed by atoms with Crippen LogP contribution in [0.25, 0.3) is 11.6 Å². The third-order valence-electron chi connectivity index (χ3n) is 3.90. The number of ether oxygens (including phenoxy) is 1. The van der Waals surface area contributed by atoms with Crippen molar-refractivity contribution in [2.45, 2.75) is 0 Å². The maximum Gasteiger partial charge on any atom is 0.184 e. The van der Waals surface area contributed by atoms with Crippen LogP contribution < -0.4 is 10.1 Å². The van der Waals surface area contributed by atoms with Crippen LogP contribution in [0.5, 0.6) is 5.75 Å². The first-order valence-electron chi connectivity index (χ1n) is 7.83. The molecule has 0 fully saturated rings. The van der Waals surface area contributed by atoms with Gasteiger partial charge in [0, 0.05) is 12.1 Å². The first kappa shape index (κ1) is 15.8. The first-order valence-corrected chi connectivity index (χ1v) is 7.83. The number of rotatable bonds is 5. The number of nitrogens with one attached hydrogen (secondary N) is 1. The van der Waals surface area contributed by atoms with Crippen LogP contribution >= 0.6 is 0 Å². The molecule has 0 aliphatic carbocycles. The number of carbonyl (C=O) groups is 1. The van der Waals surface area contributed by atoms with E-state index in [0.29, 0.717) is 6.54 Å². The second-order valence-electron chi connectivity index (χ2n) is 5.44. The third kappa shape index (κ3) is 3.63. The minimum Gasteiger partial charge on any atom is -0.497 e. The highest BCUT2D eigenvalue weighted by Gasteiger charge is 2.15. The zero-order chi connectivity index (χ0) is 16.8. The smallest absolute Gasteiger partial charge is 0.184 e. The lowest BCUT2D eigenvalue weighted by atomic mass is 9.95. The molecule has 0 saturated carbocycles. The SMILES string of the molecule is COc1ccc(/C=C/C(=O)C2=C(c3ccccc3)C=CNC2)cc1. The second-order valence-corrected chi connectivity index (χ2v) is 5.44. The molecule has 0 spiro atoms. The van der Waals surface area contributed by atoms with Crippen LogP contribution in [-0.2, 0) is 4.79 Å². The van der Waals surface area contributed by atoms with Crippen LogP contribution in [-0.4, -0.2) is 19.4 Å². The maximum atomic E-state index is 12.6. The first-order chi connectivity index (χ1) is 11.8. The number of carbonyl (C=O) groups excluding carboxylic acids is 1. The molecule has 0 unspecified atom stereocenters. The summed E-state index contributed by atoms with van der Waals surface area (Å²) in [5.41, 5.74) is 3.76. The molecule has 1 heterocycles. The van der Waals surface area contributed by atoms with Crippen LogP contribution in [0, 0.1) is 0 Å². The summed E-state index contributed by atoms with van der Waals surface area (Å²) in [6.45, 7) is 0.534. The van der Waals surface area contributed by atoms with E-state index in [4.69, 9.17) is 4.74 Å². The third-order valence-corrected chi connectivity index (χ3v) is 3.90. The molecule has 0 atom stereocenters. The minimum atomic E-state index is 0.0153. The minimum absolute atomic E-state index is 0.0153. The van der Waals surface area contributed by atoms with Gasteiger partial charge in [-0.2, -0.15) is 0 Å². The molecule has 3 nitrogen and oxygen atoms in total. The average molecular weight is 317 g/mol. The molecule has 2 aromatic carbocycles. The highest BCUT2D eigenvalue weighted by molar-refractivity contribution is 6.12. The van der Waals surface area contributed by atoms with E-state index >= 15 is 0 Å². The lowest BCUT2D eigenvalue weighted by molar-refractivity contribution is -0.111. The summed E-state index contributed by atoms with van der Waals surface area (Å²) in [6, 6.07) is 17.6. The predicted octanol–water partition coefficient (Wildman–Crippen LogP) is 3.85. The molecule has 24 heavy (non-hydrogen) atoms. The molecule has 1 N–H and O–H groups in total. The molecule has 1 aliphatic heterocycles.